The molecule has 29 heavy (non-hydrogen) atoms. The van der Waals surface area contributed by atoms with Crippen molar-refractivity contribution in [1.82, 2.24) is 0 Å². The molecule has 0 amide bonds. The first-order chi connectivity index (χ1) is 12.9. The van der Waals surface area contributed by atoms with Crippen LogP contribution >= 0.6 is 0 Å². The molecule has 0 bridgehead atoms. The van der Waals surface area contributed by atoms with Gasteiger partial charge in [0.2, 0.25) is 0 Å². The minimum Gasteiger partial charge on any atom is -0.250 e. The molecule has 0 radical (unpaired) electrons. The van der Waals surface area contributed by atoms with Gasteiger partial charge >= 0.3 is 0 Å². The van der Waals surface area contributed by atoms with E-state index in [4.69, 9.17) is 0 Å². The smallest absolute Gasteiger partial charge is 0.0518 e. The number of hydrogen-bond donors (Lipinski definition) is 0. The molecule has 6 nitrogen and oxygen atoms in total. The monoisotopic (exact) mass is 475 g/mol. The fourth-order valence-electron chi connectivity index (χ4n) is 2.35. The van der Waals surface area contributed by atoms with Crippen LogP contribution in [0.3, 0.4) is 0 Å². The molecule has 1 unspecified atom stereocenters. The van der Waals surface area contributed by atoms with Crippen molar-refractivity contribution in [2.45, 2.75) is 79.9 Å². The van der Waals surface area contributed by atoms with Crippen LogP contribution in [-0.2, 0) is 29.2 Å². The molecule has 3 atom stereocenters. The van der Waals surface area contributed by atoms with E-state index in [0.29, 0.717) is 0 Å². The first kappa shape index (κ1) is 33.5. The van der Waals surface area contributed by atoms with Gasteiger partial charge < -0.3 is 0 Å². The number of hydrogen-bond acceptors (Lipinski definition) is 6. The fourth-order valence-corrected chi connectivity index (χ4v) is 7.04. The summed E-state index contributed by atoms with van der Waals surface area (Å²) < 4.78 is 45.3. The van der Waals surface area contributed by atoms with Crippen LogP contribution in [0.2, 0.25) is 0 Å². The maximum Gasteiger partial charge on any atom is 0.0518 e. The molecule has 0 aromatic heterocycles. The van der Waals surface area contributed by atoms with Crippen LogP contribution < -0.4 is 0 Å². The van der Waals surface area contributed by atoms with E-state index in [-0.39, 0.29) is 12.2 Å². The molecule has 3 aliphatic heterocycles. The Hall–Kier alpha value is -0.150. The third-order valence-electron chi connectivity index (χ3n) is 3.93. The number of rotatable bonds is 0. The van der Waals surface area contributed by atoms with E-state index >= 15 is 0 Å². The highest BCUT2D eigenvalue weighted by Gasteiger charge is 2.28. The second kappa shape index (κ2) is 15.6. The van der Waals surface area contributed by atoms with Gasteiger partial charge in [-0.15, -0.1) is 0 Å². The van der Waals surface area contributed by atoms with Gasteiger partial charge in [0.15, 0.2) is 0 Å². The molecule has 0 aromatic carbocycles. The molecule has 3 aliphatic rings. The van der Waals surface area contributed by atoms with E-state index in [9.17, 15) is 12.6 Å². The maximum absolute atomic E-state index is 11.8. The topological polar surface area (TPSA) is 88.3 Å². The summed E-state index contributed by atoms with van der Waals surface area (Å²) in [6.45, 7) is 16.4. The minimum absolute atomic E-state index is 0. The van der Waals surface area contributed by atoms with E-state index in [1.54, 1.807) is 12.5 Å². The maximum atomic E-state index is 11.8. The average Bonchev–Trinajstić information content (AvgIpc) is 3.34. The summed E-state index contributed by atoms with van der Waals surface area (Å²) in [5.41, 5.74) is 0. The van der Waals surface area contributed by atoms with Crippen molar-refractivity contribution in [2.75, 3.05) is 49.4 Å². The molecule has 0 aliphatic carbocycles. The number of nitrogens with zero attached hydrogens (tertiary/aromatic N) is 3. The van der Waals surface area contributed by atoms with E-state index < -0.39 is 29.2 Å². The molecule has 3 rings (SSSR count). The van der Waals surface area contributed by atoms with Crippen molar-refractivity contribution >= 4 is 29.2 Å². The van der Waals surface area contributed by atoms with Gasteiger partial charge in [0.1, 0.15) is 0 Å². The Labute approximate surface area is 184 Å². The van der Waals surface area contributed by atoms with Crippen molar-refractivity contribution in [3.63, 3.8) is 0 Å². The molecular formula is C20H49N3O3S3. The second-order valence-electron chi connectivity index (χ2n) is 7.40. The fraction of sp³-hybridized carbons (Fsp3) is 1.00. The third kappa shape index (κ3) is 14.5. The molecule has 0 aromatic rings. The van der Waals surface area contributed by atoms with Crippen LogP contribution in [0, 0.1) is 0 Å². The lowest BCUT2D eigenvalue weighted by atomic mass is 10.3. The van der Waals surface area contributed by atoms with Gasteiger partial charge in [-0.25, -0.2) is 17.3 Å². The first-order valence-corrected chi connectivity index (χ1v) is 16.3. The highest BCUT2D eigenvalue weighted by molar-refractivity contribution is 7.95. The molecule has 0 spiro atoms. The van der Waals surface area contributed by atoms with Crippen molar-refractivity contribution in [2.24, 2.45) is 13.1 Å². The Balaban J connectivity index is -0.000000322. The third-order valence-corrected chi connectivity index (χ3v) is 10.8. The largest absolute Gasteiger partial charge is 0.250 e. The van der Waals surface area contributed by atoms with Gasteiger partial charge in [-0.1, -0.05) is 35.1 Å². The van der Waals surface area contributed by atoms with Gasteiger partial charge in [0.25, 0.3) is 0 Å². The summed E-state index contributed by atoms with van der Waals surface area (Å²) in [5.74, 6) is 2.43. The lowest BCUT2D eigenvalue weighted by Gasteiger charge is -2.20. The van der Waals surface area contributed by atoms with Crippen molar-refractivity contribution in [3.05, 3.63) is 0 Å². The molecule has 0 saturated carbocycles. The Morgan fingerprint density at radius 2 is 0.931 bits per heavy atom. The summed E-state index contributed by atoms with van der Waals surface area (Å²) in [4.78, 5) is 0. The zero-order chi connectivity index (χ0) is 22.5. The van der Waals surface area contributed by atoms with Gasteiger partial charge in [-0.2, -0.15) is 0 Å². The summed E-state index contributed by atoms with van der Waals surface area (Å²) in [7, 11) is -5.19. The van der Waals surface area contributed by atoms with Crippen LogP contribution in [0.1, 0.15) is 75.2 Å². The predicted octanol–water partition coefficient (Wildman–Crippen LogP) is 5.32. The SMILES string of the molecule is C.CC.CC.CC(C)(C)S1(=O)=NCCC1.C[S@@]1(=O)=NCCC1.C[S@]1(=O)=NCCC1. The molecular weight excluding hydrogens is 426 g/mol. The lowest BCUT2D eigenvalue weighted by Crippen LogP contribution is -2.27. The summed E-state index contributed by atoms with van der Waals surface area (Å²) in [6, 6.07) is 0. The Kier molecular flexibility index (Phi) is 18.0. The van der Waals surface area contributed by atoms with Crippen molar-refractivity contribution < 1.29 is 12.6 Å². The molecule has 0 N–H and O–H groups in total. The zero-order valence-electron chi connectivity index (χ0n) is 19.7. The van der Waals surface area contributed by atoms with E-state index in [1.165, 1.54) is 0 Å². The Morgan fingerprint density at radius 3 is 1.03 bits per heavy atom. The van der Waals surface area contributed by atoms with Crippen LogP contribution in [0.25, 0.3) is 0 Å². The van der Waals surface area contributed by atoms with Crippen LogP contribution in [0.15, 0.2) is 13.1 Å². The van der Waals surface area contributed by atoms with Crippen molar-refractivity contribution in [1.29, 1.82) is 0 Å². The molecule has 180 valence electrons. The quantitative estimate of drug-likeness (QED) is 0.475. The molecule has 0 saturated heterocycles. The minimum atomic E-state index is -1.84. The molecule has 9 heteroatoms. The molecule has 3 heterocycles. The highest BCUT2D eigenvalue weighted by Crippen LogP contribution is 2.23. The second-order valence-corrected chi connectivity index (χ2v) is 15.7. The standard InChI is InChI=1S/C7H15NOS.2C4H9NOS.2C2H6.CH4/c1-7(2,3)10(9)6-4-5-8-10;2*1-7(6)4-2-3-5-7;2*1-2;/h4-6H2,1-3H3;2*2-4H2,1H3;2*1-2H3;1H4/t;2*7-;;;/m.10.../s1. The average molecular weight is 476 g/mol. The highest BCUT2D eigenvalue weighted by atomic mass is 32.2. The van der Waals surface area contributed by atoms with E-state index in [2.05, 4.69) is 13.1 Å². The Bertz CT molecular complexity index is 735. The van der Waals surface area contributed by atoms with Crippen molar-refractivity contribution in [3.8, 4) is 0 Å². The molecule has 0 fully saturated rings. The van der Waals surface area contributed by atoms with E-state index in [0.717, 1.165) is 56.2 Å². The first-order valence-electron chi connectivity index (χ1n) is 10.4. The van der Waals surface area contributed by atoms with Crippen LogP contribution in [0.4, 0.5) is 0 Å². The summed E-state index contributed by atoms with van der Waals surface area (Å²) in [5, 5.41) is 0. The van der Waals surface area contributed by atoms with Crippen LogP contribution in [0.5, 0.6) is 0 Å². The van der Waals surface area contributed by atoms with Crippen LogP contribution in [-0.4, -0.2) is 66.8 Å². The van der Waals surface area contributed by atoms with Gasteiger partial charge in [-0.3, -0.25) is 8.42 Å². The summed E-state index contributed by atoms with van der Waals surface area (Å²) in [6.07, 6.45) is 6.50. The summed E-state index contributed by atoms with van der Waals surface area (Å²) >= 11 is 0. The van der Waals surface area contributed by atoms with E-state index in [1.807, 2.05) is 48.5 Å². The van der Waals surface area contributed by atoms with Gasteiger partial charge in [0.05, 0.1) is 9.73 Å². The lowest BCUT2D eigenvalue weighted by molar-refractivity contribution is 0.643. The van der Waals surface area contributed by atoms with Gasteiger partial charge in [-0.05, 0) is 40.0 Å². The predicted molar refractivity (Wildman–Crippen MR) is 136 cm³/mol. The Morgan fingerprint density at radius 1 is 0.621 bits per heavy atom. The zero-order valence-corrected chi connectivity index (χ0v) is 22.1. The normalized spacial score (nSPS) is 31.8. The van der Waals surface area contributed by atoms with Gasteiger partial charge in [0, 0.05) is 73.6 Å².